The van der Waals surface area contributed by atoms with Gasteiger partial charge in [0.1, 0.15) is 5.60 Å². The molecule has 2 amide bonds. The van der Waals surface area contributed by atoms with Crippen molar-refractivity contribution in [1.29, 1.82) is 0 Å². The Morgan fingerprint density at radius 3 is 2.32 bits per heavy atom. The summed E-state index contributed by atoms with van der Waals surface area (Å²) >= 11 is 0. The van der Waals surface area contributed by atoms with Crippen LogP contribution in [0, 0.1) is 5.41 Å². The van der Waals surface area contributed by atoms with Gasteiger partial charge in [-0.15, -0.1) is 0 Å². The van der Waals surface area contributed by atoms with Gasteiger partial charge >= 0.3 is 6.09 Å². The number of amides is 2. The summed E-state index contributed by atoms with van der Waals surface area (Å²) in [6.07, 6.45) is 1.91. The molecule has 2 N–H and O–H groups in total. The third-order valence-corrected chi connectivity index (χ3v) is 6.18. The highest BCUT2D eigenvalue weighted by Gasteiger charge is 2.57. The summed E-state index contributed by atoms with van der Waals surface area (Å²) in [5, 5.41) is 22.6. The number of hydroxylamine groups is 2. The summed E-state index contributed by atoms with van der Waals surface area (Å²) in [7, 11) is 2.88. The van der Waals surface area contributed by atoms with Gasteiger partial charge in [0.15, 0.2) is 0 Å². The third-order valence-electron chi connectivity index (χ3n) is 6.18. The molecule has 1 aliphatic heterocycles. The van der Waals surface area contributed by atoms with E-state index in [2.05, 4.69) is 18.8 Å². The molecule has 1 saturated heterocycles. The molecular weight excluding hydrogens is 398 g/mol. The van der Waals surface area contributed by atoms with Crippen LogP contribution in [-0.4, -0.2) is 64.4 Å². The van der Waals surface area contributed by atoms with Crippen LogP contribution in [0.2, 0.25) is 0 Å². The van der Waals surface area contributed by atoms with E-state index in [4.69, 9.17) is 4.84 Å². The summed E-state index contributed by atoms with van der Waals surface area (Å²) in [6, 6.07) is 9.24. The second-order valence-corrected chi connectivity index (χ2v) is 8.63. The van der Waals surface area contributed by atoms with E-state index in [-0.39, 0.29) is 18.7 Å². The molecule has 8 heteroatoms. The molecule has 0 radical (unpaired) electrons. The van der Waals surface area contributed by atoms with Crippen LogP contribution in [0.1, 0.15) is 53.7 Å². The van der Waals surface area contributed by atoms with E-state index in [1.54, 1.807) is 6.07 Å². The normalized spacial score (nSPS) is 17.1. The van der Waals surface area contributed by atoms with Crippen molar-refractivity contribution in [2.24, 2.45) is 5.41 Å². The van der Waals surface area contributed by atoms with E-state index in [0.717, 1.165) is 10.6 Å². The van der Waals surface area contributed by atoms with Crippen molar-refractivity contribution in [3.8, 4) is 0 Å². The summed E-state index contributed by atoms with van der Waals surface area (Å²) in [4.78, 5) is 34.4. The number of carbonyl (C=O) groups is 2. The Hall–Kier alpha value is -2.97. The maximum atomic E-state index is 12.6. The number of aliphatic hydroxyl groups is 1. The molecule has 1 fully saturated rings. The molecule has 166 valence electrons. The minimum Gasteiger partial charge on any atom is -0.465 e. The van der Waals surface area contributed by atoms with Crippen molar-refractivity contribution in [1.82, 2.24) is 14.9 Å². The molecule has 8 nitrogen and oxygen atoms in total. The molecule has 1 aromatic heterocycles. The minimum absolute atomic E-state index is 0.154. The Kier molecular flexibility index (Phi) is 6.07. The number of hydrogen-bond donors (Lipinski definition) is 2. The number of carbonyl (C=O) groups excluding carboxylic acids is 1. The van der Waals surface area contributed by atoms with E-state index in [9.17, 15) is 19.8 Å². The summed E-state index contributed by atoms with van der Waals surface area (Å²) in [5.74, 6) is -0.0728. The van der Waals surface area contributed by atoms with Crippen molar-refractivity contribution in [3.05, 3.63) is 65.0 Å². The topological polar surface area (TPSA) is 103 Å². The Bertz CT molecular complexity index is 969. The van der Waals surface area contributed by atoms with E-state index in [0.29, 0.717) is 17.0 Å². The fourth-order valence-electron chi connectivity index (χ4n) is 4.15. The number of aromatic nitrogens is 1. The highest BCUT2D eigenvalue weighted by atomic mass is 16.7. The SMILES string of the molecule is CON(C)C(=O)c1cncc([C@@](O)(c2ccc(C(C)C)cc2)C2(C)CN(C(=O)O)C2)c1. The molecule has 2 aromatic rings. The smallest absolute Gasteiger partial charge is 0.407 e. The maximum Gasteiger partial charge on any atom is 0.407 e. The standard InChI is InChI=1S/C23H29N3O5/c1-15(2)16-6-8-18(9-7-16)23(30,22(3)13-26(14-22)21(28)29)19-10-17(11-24-12-19)20(27)25(4)31-5/h6-12,15,30H,13-14H2,1-5H3,(H,28,29)/t23-/m0/s1. The van der Waals surface area contributed by atoms with Gasteiger partial charge in [0.25, 0.3) is 5.91 Å². The zero-order valence-corrected chi connectivity index (χ0v) is 18.5. The van der Waals surface area contributed by atoms with Crippen molar-refractivity contribution in [2.45, 2.75) is 32.3 Å². The van der Waals surface area contributed by atoms with Crippen LogP contribution < -0.4 is 0 Å². The number of benzene rings is 1. The van der Waals surface area contributed by atoms with Gasteiger partial charge in [-0.05, 0) is 23.1 Å². The first kappa shape index (κ1) is 22.7. The van der Waals surface area contributed by atoms with Gasteiger partial charge in [0.2, 0.25) is 0 Å². The van der Waals surface area contributed by atoms with Crippen molar-refractivity contribution in [3.63, 3.8) is 0 Å². The van der Waals surface area contributed by atoms with Crippen LogP contribution >= 0.6 is 0 Å². The van der Waals surface area contributed by atoms with Crippen LogP contribution in [0.4, 0.5) is 4.79 Å². The summed E-state index contributed by atoms with van der Waals surface area (Å²) in [6.45, 7) is 6.33. The molecule has 0 saturated carbocycles. The fourth-order valence-corrected chi connectivity index (χ4v) is 4.15. The molecule has 1 atom stereocenters. The molecule has 2 heterocycles. The number of likely N-dealkylation sites (tertiary alicyclic amines) is 1. The number of rotatable bonds is 6. The predicted octanol–water partition coefficient (Wildman–Crippen LogP) is 3.07. The maximum absolute atomic E-state index is 12.6. The monoisotopic (exact) mass is 427 g/mol. The average Bonchev–Trinajstić information content (AvgIpc) is 2.75. The summed E-state index contributed by atoms with van der Waals surface area (Å²) in [5.41, 5.74) is 0.0754. The number of hydrogen-bond acceptors (Lipinski definition) is 5. The van der Waals surface area contributed by atoms with Crippen LogP contribution in [0.25, 0.3) is 0 Å². The Morgan fingerprint density at radius 2 is 1.81 bits per heavy atom. The first-order valence-electron chi connectivity index (χ1n) is 10.1. The molecule has 0 bridgehead atoms. The van der Waals surface area contributed by atoms with Crippen molar-refractivity contribution >= 4 is 12.0 Å². The lowest BCUT2D eigenvalue weighted by atomic mass is 9.62. The number of nitrogens with zero attached hydrogens (tertiary/aromatic N) is 3. The van der Waals surface area contributed by atoms with Crippen molar-refractivity contribution in [2.75, 3.05) is 27.2 Å². The number of pyridine rings is 1. The average molecular weight is 428 g/mol. The number of carboxylic acid groups (broad SMARTS) is 1. The van der Waals surface area contributed by atoms with Gasteiger partial charge in [-0.3, -0.25) is 14.6 Å². The lowest BCUT2D eigenvalue weighted by Gasteiger charge is -2.55. The van der Waals surface area contributed by atoms with Crippen LogP contribution in [-0.2, 0) is 10.4 Å². The van der Waals surface area contributed by atoms with Crippen molar-refractivity contribution < 1.29 is 24.6 Å². The zero-order chi connectivity index (χ0) is 23.0. The van der Waals surface area contributed by atoms with Gasteiger partial charge in [0, 0.05) is 43.5 Å². The third kappa shape index (κ3) is 3.88. The van der Waals surface area contributed by atoms with E-state index in [1.807, 2.05) is 31.2 Å². The molecule has 0 spiro atoms. The molecule has 1 aromatic carbocycles. The lowest BCUT2D eigenvalue weighted by Crippen LogP contribution is -2.66. The Balaban J connectivity index is 2.11. The van der Waals surface area contributed by atoms with Gasteiger partial charge in [-0.1, -0.05) is 45.0 Å². The first-order chi connectivity index (χ1) is 14.5. The minimum atomic E-state index is -1.55. The van der Waals surface area contributed by atoms with Gasteiger partial charge in [0.05, 0.1) is 12.7 Å². The molecule has 3 rings (SSSR count). The molecule has 31 heavy (non-hydrogen) atoms. The van der Waals surface area contributed by atoms with E-state index >= 15 is 0 Å². The molecule has 0 aliphatic carbocycles. The van der Waals surface area contributed by atoms with Crippen LogP contribution in [0.15, 0.2) is 42.7 Å². The van der Waals surface area contributed by atoms with Gasteiger partial charge in [-0.25, -0.2) is 9.86 Å². The quantitative estimate of drug-likeness (QED) is 0.687. The molecular formula is C23H29N3O5. The Morgan fingerprint density at radius 1 is 1.19 bits per heavy atom. The highest BCUT2D eigenvalue weighted by molar-refractivity contribution is 5.93. The molecule has 1 aliphatic rings. The van der Waals surface area contributed by atoms with Gasteiger partial charge in [-0.2, -0.15) is 0 Å². The van der Waals surface area contributed by atoms with Crippen LogP contribution in [0.3, 0.4) is 0 Å². The summed E-state index contributed by atoms with van der Waals surface area (Å²) < 4.78 is 0. The lowest BCUT2D eigenvalue weighted by molar-refractivity contribution is -0.124. The second-order valence-electron chi connectivity index (χ2n) is 8.63. The van der Waals surface area contributed by atoms with E-state index in [1.165, 1.54) is 31.5 Å². The largest absolute Gasteiger partial charge is 0.465 e. The Labute approximate surface area is 182 Å². The second kappa shape index (κ2) is 8.28. The molecule has 0 unspecified atom stereocenters. The highest BCUT2D eigenvalue weighted by Crippen LogP contribution is 2.50. The van der Waals surface area contributed by atoms with E-state index < -0.39 is 23.0 Å². The predicted molar refractivity (Wildman–Crippen MR) is 115 cm³/mol. The van der Waals surface area contributed by atoms with Crippen LogP contribution in [0.5, 0.6) is 0 Å². The van der Waals surface area contributed by atoms with Gasteiger partial charge < -0.3 is 15.1 Å². The zero-order valence-electron chi connectivity index (χ0n) is 18.5. The first-order valence-corrected chi connectivity index (χ1v) is 10.1. The fraction of sp³-hybridized carbons (Fsp3) is 0.435.